The zero-order valence-corrected chi connectivity index (χ0v) is 14.1. The first-order chi connectivity index (χ1) is 10.5. The number of imidazole rings is 1. The number of thioether (sulfide) groups is 1. The van der Waals surface area contributed by atoms with Gasteiger partial charge in [0.2, 0.25) is 0 Å². The number of likely N-dealkylation sites (N-methyl/N-ethyl adjacent to an activating group) is 1. The number of aromatic nitrogens is 2. The third-order valence-corrected chi connectivity index (χ3v) is 5.91. The lowest BCUT2D eigenvalue weighted by atomic mass is 10.00. The monoisotopic (exact) mass is 324 g/mol. The maximum absolute atomic E-state index is 12.7. The summed E-state index contributed by atoms with van der Waals surface area (Å²) in [5.41, 5.74) is -1.16. The standard InChI is InChI=1S/C15H24N4O2S/c1-3-18-7-8-19(14(20)15(21)4-9-22-11-15)10-12(18)13-16-5-6-17(13)2/h5-6,12,21H,3-4,7-11H2,1-2H3/t12-,15+/m0/s1. The molecule has 2 aliphatic rings. The minimum Gasteiger partial charge on any atom is -0.379 e. The molecular weight excluding hydrogens is 300 g/mol. The van der Waals surface area contributed by atoms with Crippen LogP contribution in [0.3, 0.4) is 0 Å². The van der Waals surface area contributed by atoms with E-state index in [2.05, 4.69) is 16.8 Å². The number of hydrogen-bond donors (Lipinski definition) is 1. The van der Waals surface area contributed by atoms with E-state index in [-0.39, 0.29) is 11.9 Å². The lowest BCUT2D eigenvalue weighted by Crippen LogP contribution is -2.57. The Morgan fingerprint density at radius 1 is 1.55 bits per heavy atom. The van der Waals surface area contributed by atoms with Crippen LogP contribution >= 0.6 is 11.8 Å². The van der Waals surface area contributed by atoms with Crippen molar-refractivity contribution in [2.45, 2.75) is 25.0 Å². The molecule has 1 aromatic rings. The van der Waals surface area contributed by atoms with E-state index in [1.165, 1.54) is 0 Å². The molecule has 6 nitrogen and oxygen atoms in total. The van der Waals surface area contributed by atoms with Gasteiger partial charge in [-0.2, -0.15) is 11.8 Å². The summed E-state index contributed by atoms with van der Waals surface area (Å²) in [4.78, 5) is 21.4. The molecule has 0 bridgehead atoms. The number of nitrogens with zero attached hydrogens (tertiary/aromatic N) is 4. The summed E-state index contributed by atoms with van der Waals surface area (Å²) in [7, 11) is 1.98. The second kappa shape index (κ2) is 6.22. The normalized spacial score (nSPS) is 30.0. The van der Waals surface area contributed by atoms with Crippen LogP contribution in [-0.2, 0) is 11.8 Å². The van der Waals surface area contributed by atoms with Crippen LogP contribution in [0.1, 0.15) is 25.2 Å². The van der Waals surface area contributed by atoms with Gasteiger partial charge in [0, 0.05) is 44.8 Å². The fourth-order valence-corrected chi connectivity index (χ4v) is 4.58. The Labute approximate surface area is 135 Å². The Bertz CT molecular complexity index is 541. The van der Waals surface area contributed by atoms with Crippen molar-refractivity contribution >= 4 is 17.7 Å². The summed E-state index contributed by atoms with van der Waals surface area (Å²) >= 11 is 1.66. The summed E-state index contributed by atoms with van der Waals surface area (Å²) in [6.45, 7) is 5.17. The maximum atomic E-state index is 12.7. The molecule has 2 saturated heterocycles. The highest BCUT2D eigenvalue weighted by molar-refractivity contribution is 7.99. The summed E-state index contributed by atoms with van der Waals surface area (Å²) in [6, 6.07) is 0.0976. The number of rotatable bonds is 3. The zero-order valence-electron chi connectivity index (χ0n) is 13.2. The number of aryl methyl sites for hydroxylation is 1. The van der Waals surface area contributed by atoms with Gasteiger partial charge in [-0.3, -0.25) is 9.69 Å². The Kier molecular flexibility index (Phi) is 4.47. The van der Waals surface area contributed by atoms with Crippen molar-refractivity contribution in [1.82, 2.24) is 19.4 Å². The van der Waals surface area contributed by atoms with Crippen LogP contribution in [0.5, 0.6) is 0 Å². The number of carbonyl (C=O) groups excluding carboxylic acids is 1. The number of amides is 1. The predicted molar refractivity (Wildman–Crippen MR) is 86.7 cm³/mol. The first kappa shape index (κ1) is 15.8. The van der Waals surface area contributed by atoms with Gasteiger partial charge in [0.15, 0.2) is 5.60 Å². The van der Waals surface area contributed by atoms with Crippen molar-refractivity contribution in [3.63, 3.8) is 0 Å². The number of piperazine rings is 1. The first-order valence-corrected chi connectivity index (χ1v) is 9.01. The smallest absolute Gasteiger partial charge is 0.255 e. The third-order valence-electron chi connectivity index (χ3n) is 4.74. The molecule has 7 heteroatoms. The summed E-state index contributed by atoms with van der Waals surface area (Å²) in [5, 5.41) is 10.6. The minimum absolute atomic E-state index is 0.0976. The van der Waals surface area contributed by atoms with Crippen LogP contribution in [0.2, 0.25) is 0 Å². The van der Waals surface area contributed by atoms with Crippen molar-refractivity contribution in [2.75, 3.05) is 37.7 Å². The van der Waals surface area contributed by atoms with E-state index in [0.717, 1.165) is 24.7 Å². The van der Waals surface area contributed by atoms with Gasteiger partial charge >= 0.3 is 0 Å². The van der Waals surface area contributed by atoms with Gasteiger partial charge < -0.3 is 14.6 Å². The van der Waals surface area contributed by atoms with E-state index >= 15 is 0 Å². The molecule has 122 valence electrons. The fourth-order valence-electron chi connectivity index (χ4n) is 3.34. The largest absolute Gasteiger partial charge is 0.379 e. The number of carbonyl (C=O) groups is 1. The lowest BCUT2D eigenvalue weighted by molar-refractivity contribution is -0.152. The minimum atomic E-state index is -1.16. The molecule has 22 heavy (non-hydrogen) atoms. The van der Waals surface area contributed by atoms with Crippen molar-refractivity contribution in [3.05, 3.63) is 18.2 Å². The summed E-state index contributed by atoms with van der Waals surface area (Å²) in [6.07, 6.45) is 4.30. The highest BCUT2D eigenvalue weighted by atomic mass is 32.2. The van der Waals surface area contributed by atoms with Gasteiger partial charge in [-0.05, 0) is 18.7 Å². The molecule has 0 spiro atoms. The Morgan fingerprint density at radius 3 is 2.95 bits per heavy atom. The highest BCUT2D eigenvalue weighted by Crippen LogP contribution is 2.32. The van der Waals surface area contributed by atoms with Gasteiger partial charge in [0.05, 0.1) is 6.04 Å². The molecule has 1 N–H and O–H groups in total. The predicted octanol–water partition coefficient (Wildman–Crippen LogP) is 0.493. The van der Waals surface area contributed by atoms with E-state index in [1.807, 2.05) is 22.7 Å². The van der Waals surface area contributed by atoms with Crippen molar-refractivity contribution in [3.8, 4) is 0 Å². The van der Waals surface area contributed by atoms with Gasteiger partial charge in [0.1, 0.15) is 5.82 Å². The second-order valence-corrected chi connectivity index (χ2v) is 7.23. The van der Waals surface area contributed by atoms with E-state index in [9.17, 15) is 9.90 Å². The van der Waals surface area contributed by atoms with Crippen LogP contribution < -0.4 is 0 Å². The van der Waals surface area contributed by atoms with Crippen LogP contribution in [0.4, 0.5) is 0 Å². The van der Waals surface area contributed by atoms with Crippen LogP contribution in [0.25, 0.3) is 0 Å². The average molecular weight is 324 g/mol. The molecule has 0 aliphatic carbocycles. The summed E-state index contributed by atoms with van der Waals surface area (Å²) < 4.78 is 2.02. The molecule has 2 aliphatic heterocycles. The van der Waals surface area contributed by atoms with Crippen LogP contribution in [0, 0.1) is 0 Å². The molecule has 1 aromatic heterocycles. The van der Waals surface area contributed by atoms with Crippen LogP contribution in [-0.4, -0.2) is 73.7 Å². The van der Waals surface area contributed by atoms with Crippen molar-refractivity contribution in [2.24, 2.45) is 7.05 Å². The second-order valence-electron chi connectivity index (χ2n) is 6.13. The van der Waals surface area contributed by atoms with E-state index in [1.54, 1.807) is 18.0 Å². The SMILES string of the molecule is CCN1CCN(C(=O)[C@@]2(O)CCSC2)C[C@H]1c1nccn1C. The Balaban J connectivity index is 1.78. The Morgan fingerprint density at radius 2 is 2.36 bits per heavy atom. The number of hydrogen-bond acceptors (Lipinski definition) is 5. The molecule has 2 fully saturated rings. The molecule has 0 saturated carbocycles. The molecular formula is C15H24N4O2S. The zero-order chi connectivity index (χ0) is 15.7. The van der Waals surface area contributed by atoms with Gasteiger partial charge in [0.25, 0.3) is 5.91 Å². The molecule has 0 unspecified atom stereocenters. The molecule has 3 rings (SSSR count). The molecule has 3 heterocycles. The van der Waals surface area contributed by atoms with Gasteiger partial charge in [-0.15, -0.1) is 0 Å². The van der Waals surface area contributed by atoms with E-state index in [4.69, 9.17) is 0 Å². The quantitative estimate of drug-likeness (QED) is 0.877. The lowest BCUT2D eigenvalue weighted by Gasteiger charge is -2.42. The molecule has 2 atom stereocenters. The molecule has 0 radical (unpaired) electrons. The fraction of sp³-hybridized carbons (Fsp3) is 0.733. The van der Waals surface area contributed by atoms with E-state index < -0.39 is 5.60 Å². The topological polar surface area (TPSA) is 61.6 Å². The molecule has 1 amide bonds. The number of aliphatic hydroxyl groups is 1. The van der Waals surface area contributed by atoms with Crippen LogP contribution in [0.15, 0.2) is 12.4 Å². The molecule has 0 aromatic carbocycles. The third kappa shape index (κ3) is 2.77. The van der Waals surface area contributed by atoms with E-state index in [0.29, 0.717) is 25.3 Å². The Hall–Kier alpha value is -1.05. The van der Waals surface area contributed by atoms with Gasteiger partial charge in [-0.1, -0.05) is 6.92 Å². The summed E-state index contributed by atoms with van der Waals surface area (Å²) in [5.74, 6) is 2.26. The average Bonchev–Trinajstić information content (AvgIpc) is 3.15. The van der Waals surface area contributed by atoms with Crippen molar-refractivity contribution < 1.29 is 9.90 Å². The maximum Gasteiger partial charge on any atom is 0.255 e. The highest BCUT2D eigenvalue weighted by Gasteiger charge is 2.44. The van der Waals surface area contributed by atoms with Gasteiger partial charge in [-0.25, -0.2) is 4.98 Å². The van der Waals surface area contributed by atoms with Crippen molar-refractivity contribution in [1.29, 1.82) is 0 Å². The first-order valence-electron chi connectivity index (χ1n) is 7.86.